The summed E-state index contributed by atoms with van der Waals surface area (Å²) in [5.74, 6) is -0.661. The van der Waals surface area contributed by atoms with Crippen LogP contribution in [0.5, 0.6) is 0 Å². The van der Waals surface area contributed by atoms with E-state index in [2.05, 4.69) is 35.6 Å². The highest BCUT2D eigenvalue weighted by Crippen LogP contribution is 2.17. The quantitative estimate of drug-likeness (QED) is 0.768. The predicted molar refractivity (Wildman–Crippen MR) is 95.3 cm³/mol. The van der Waals surface area contributed by atoms with Crippen LogP contribution in [0.4, 0.5) is 10.1 Å². The van der Waals surface area contributed by atoms with Crippen molar-refractivity contribution < 1.29 is 9.18 Å². The van der Waals surface area contributed by atoms with Crippen LogP contribution in [0.15, 0.2) is 66.7 Å². The summed E-state index contributed by atoms with van der Waals surface area (Å²) in [6.07, 6.45) is 0. The highest BCUT2D eigenvalue weighted by atomic mass is 19.1. The number of rotatable bonds is 5. The van der Waals surface area contributed by atoms with Crippen LogP contribution in [0, 0.1) is 5.82 Å². The summed E-state index contributed by atoms with van der Waals surface area (Å²) in [6, 6.07) is 20.6. The summed E-state index contributed by atoms with van der Waals surface area (Å²) in [4.78, 5) is 14.0. The minimum atomic E-state index is -0.428. The minimum absolute atomic E-state index is 0.196. The monoisotopic (exact) mass is 322 g/mol. The highest BCUT2D eigenvalue weighted by molar-refractivity contribution is 5.92. The molecule has 0 radical (unpaired) electrons. The molecule has 3 rings (SSSR count). The van der Waals surface area contributed by atoms with E-state index < -0.39 is 5.82 Å². The Bertz CT molecular complexity index is 863. The van der Waals surface area contributed by atoms with E-state index in [1.807, 2.05) is 24.1 Å². The van der Waals surface area contributed by atoms with Crippen LogP contribution in [0.25, 0.3) is 10.8 Å². The molecule has 1 amide bonds. The summed E-state index contributed by atoms with van der Waals surface area (Å²) in [7, 11) is 1.87. The van der Waals surface area contributed by atoms with Gasteiger partial charge >= 0.3 is 0 Å². The fourth-order valence-electron chi connectivity index (χ4n) is 2.70. The Morgan fingerprint density at radius 2 is 1.71 bits per heavy atom. The Morgan fingerprint density at radius 3 is 2.50 bits per heavy atom. The maximum atomic E-state index is 13.6. The van der Waals surface area contributed by atoms with E-state index in [1.165, 1.54) is 16.8 Å². The van der Waals surface area contributed by atoms with Crippen molar-refractivity contribution in [2.24, 2.45) is 0 Å². The summed E-state index contributed by atoms with van der Waals surface area (Å²) in [6.45, 7) is 0.844. The Morgan fingerprint density at radius 1 is 1.00 bits per heavy atom. The number of amides is 1. The Kier molecular flexibility index (Phi) is 4.87. The van der Waals surface area contributed by atoms with E-state index >= 15 is 0 Å². The van der Waals surface area contributed by atoms with Crippen molar-refractivity contribution in [2.45, 2.75) is 6.54 Å². The van der Waals surface area contributed by atoms with Crippen molar-refractivity contribution in [1.82, 2.24) is 4.90 Å². The molecule has 0 aliphatic heterocycles. The SMILES string of the molecule is CN(CC(=O)Nc1ccccc1F)Cc1ccc2ccccc2c1. The lowest BCUT2D eigenvalue weighted by Gasteiger charge is -2.17. The molecule has 4 heteroatoms. The number of benzene rings is 3. The molecule has 0 saturated carbocycles. The third-order valence-electron chi connectivity index (χ3n) is 3.83. The van der Waals surface area contributed by atoms with Crippen LogP contribution in [-0.4, -0.2) is 24.4 Å². The number of carbonyl (C=O) groups is 1. The van der Waals surface area contributed by atoms with E-state index in [-0.39, 0.29) is 18.1 Å². The van der Waals surface area contributed by atoms with Crippen molar-refractivity contribution in [3.05, 3.63) is 78.1 Å². The van der Waals surface area contributed by atoms with Gasteiger partial charge in [-0.15, -0.1) is 0 Å². The molecule has 0 aromatic heterocycles. The van der Waals surface area contributed by atoms with Crippen LogP contribution in [0.1, 0.15) is 5.56 Å². The van der Waals surface area contributed by atoms with Gasteiger partial charge in [0.15, 0.2) is 0 Å². The standard InChI is InChI=1S/C20H19FN2O/c1-23(14-20(24)22-19-9-5-4-8-18(19)21)13-15-10-11-16-6-2-3-7-17(16)12-15/h2-12H,13-14H2,1H3,(H,22,24). The van der Waals surface area contributed by atoms with Gasteiger partial charge in [-0.25, -0.2) is 4.39 Å². The van der Waals surface area contributed by atoms with E-state index in [1.54, 1.807) is 18.2 Å². The number of nitrogens with zero attached hydrogens (tertiary/aromatic N) is 1. The molecule has 0 aliphatic rings. The van der Waals surface area contributed by atoms with E-state index in [0.29, 0.717) is 6.54 Å². The van der Waals surface area contributed by atoms with Gasteiger partial charge in [0, 0.05) is 6.54 Å². The first kappa shape index (κ1) is 16.1. The van der Waals surface area contributed by atoms with Crippen molar-refractivity contribution in [1.29, 1.82) is 0 Å². The summed E-state index contributed by atoms with van der Waals surface area (Å²) in [5, 5.41) is 4.98. The third kappa shape index (κ3) is 3.97. The second-order valence-electron chi connectivity index (χ2n) is 5.88. The number of para-hydroxylation sites is 1. The number of hydrogen-bond acceptors (Lipinski definition) is 2. The first-order chi connectivity index (χ1) is 11.6. The lowest BCUT2D eigenvalue weighted by atomic mass is 10.1. The van der Waals surface area contributed by atoms with E-state index in [0.717, 1.165) is 5.56 Å². The van der Waals surface area contributed by atoms with Gasteiger partial charge in [-0.05, 0) is 41.6 Å². The Hall–Kier alpha value is -2.72. The lowest BCUT2D eigenvalue weighted by Crippen LogP contribution is -2.30. The molecular weight excluding hydrogens is 303 g/mol. The number of hydrogen-bond donors (Lipinski definition) is 1. The topological polar surface area (TPSA) is 32.3 Å². The summed E-state index contributed by atoms with van der Waals surface area (Å²) >= 11 is 0. The molecule has 3 aromatic carbocycles. The van der Waals surface area contributed by atoms with Gasteiger partial charge in [0.25, 0.3) is 0 Å². The third-order valence-corrected chi connectivity index (χ3v) is 3.83. The van der Waals surface area contributed by atoms with Crippen molar-refractivity contribution in [3.8, 4) is 0 Å². The van der Waals surface area contributed by atoms with Gasteiger partial charge in [-0.3, -0.25) is 9.69 Å². The first-order valence-electron chi connectivity index (χ1n) is 7.82. The van der Waals surface area contributed by atoms with Gasteiger partial charge in [-0.2, -0.15) is 0 Å². The Balaban J connectivity index is 1.61. The molecule has 0 bridgehead atoms. The second-order valence-corrected chi connectivity index (χ2v) is 5.88. The molecule has 0 fully saturated rings. The zero-order valence-corrected chi connectivity index (χ0v) is 13.5. The van der Waals surface area contributed by atoms with Gasteiger partial charge in [0.05, 0.1) is 12.2 Å². The average Bonchev–Trinajstić information content (AvgIpc) is 2.56. The first-order valence-corrected chi connectivity index (χ1v) is 7.82. The lowest BCUT2D eigenvalue weighted by molar-refractivity contribution is -0.117. The molecule has 0 heterocycles. The van der Waals surface area contributed by atoms with Crippen molar-refractivity contribution in [2.75, 3.05) is 18.9 Å². The zero-order valence-electron chi connectivity index (χ0n) is 13.5. The predicted octanol–water partition coefficient (Wildman–Crippen LogP) is 4.05. The molecule has 0 unspecified atom stereocenters. The van der Waals surface area contributed by atoms with Gasteiger partial charge in [0.1, 0.15) is 5.82 Å². The van der Waals surface area contributed by atoms with Gasteiger partial charge < -0.3 is 5.32 Å². The number of halogens is 1. The smallest absolute Gasteiger partial charge is 0.238 e. The van der Waals surface area contributed by atoms with Crippen LogP contribution in [0.2, 0.25) is 0 Å². The van der Waals surface area contributed by atoms with Crippen molar-refractivity contribution in [3.63, 3.8) is 0 Å². The fraction of sp³-hybridized carbons (Fsp3) is 0.150. The molecule has 122 valence electrons. The number of nitrogens with one attached hydrogen (secondary N) is 1. The molecular formula is C20H19FN2O. The number of anilines is 1. The normalized spacial score (nSPS) is 11.0. The highest BCUT2D eigenvalue weighted by Gasteiger charge is 2.10. The largest absolute Gasteiger partial charge is 0.322 e. The molecule has 0 aliphatic carbocycles. The van der Waals surface area contributed by atoms with Crippen LogP contribution < -0.4 is 5.32 Å². The molecule has 3 aromatic rings. The van der Waals surface area contributed by atoms with Crippen LogP contribution >= 0.6 is 0 Å². The Labute approximate surface area is 140 Å². The molecule has 0 atom stereocenters. The van der Waals surface area contributed by atoms with Gasteiger partial charge in [-0.1, -0.05) is 48.5 Å². The molecule has 24 heavy (non-hydrogen) atoms. The minimum Gasteiger partial charge on any atom is -0.322 e. The van der Waals surface area contributed by atoms with Crippen LogP contribution in [0.3, 0.4) is 0 Å². The van der Waals surface area contributed by atoms with Crippen LogP contribution in [-0.2, 0) is 11.3 Å². The number of carbonyl (C=O) groups excluding carboxylic acids is 1. The zero-order chi connectivity index (χ0) is 16.9. The summed E-state index contributed by atoms with van der Waals surface area (Å²) < 4.78 is 13.6. The maximum absolute atomic E-state index is 13.6. The average molecular weight is 322 g/mol. The number of fused-ring (bicyclic) bond motifs is 1. The van der Waals surface area contributed by atoms with Crippen molar-refractivity contribution >= 4 is 22.4 Å². The molecule has 3 nitrogen and oxygen atoms in total. The molecule has 0 spiro atoms. The fourth-order valence-corrected chi connectivity index (χ4v) is 2.70. The maximum Gasteiger partial charge on any atom is 0.238 e. The second kappa shape index (κ2) is 7.23. The number of likely N-dealkylation sites (N-methyl/N-ethyl adjacent to an activating group) is 1. The summed E-state index contributed by atoms with van der Waals surface area (Å²) in [5.41, 5.74) is 1.34. The van der Waals surface area contributed by atoms with E-state index in [4.69, 9.17) is 0 Å². The van der Waals surface area contributed by atoms with Gasteiger partial charge in [0.2, 0.25) is 5.91 Å². The molecule has 1 N–H and O–H groups in total. The van der Waals surface area contributed by atoms with E-state index in [9.17, 15) is 9.18 Å². The molecule has 0 saturated heterocycles.